The number of aryl methyl sites for hydroxylation is 1. The van der Waals surface area contributed by atoms with Crippen molar-refractivity contribution in [2.75, 3.05) is 6.54 Å². The third-order valence-corrected chi connectivity index (χ3v) is 3.38. The fourth-order valence-corrected chi connectivity index (χ4v) is 2.14. The van der Waals surface area contributed by atoms with Gasteiger partial charge < -0.3 is 10.4 Å². The molecule has 1 unspecified atom stereocenters. The summed E-state index contributed by atoms with van der Waals surface area (Å²) in [6.07, 6.45) is 2.98. The normalized spacial score (nSPS) is 15.3. The lowest BCUT2D eigenvalue weighted by atomic mass is 9.91. The summed E-state index contributed by atoms with van der Waals surface area (Å²) in [6, 6.07) is 8.37. The molecule has 0 heterocycles. The Balaban J connectivity index is 2.60. The van der Waals surface area contributed by atoms with Gasteiger partial charge in [-0.1, -0.05) is 37.6 Å². The molecule has 2 N–H and O–H groups in total. The van der Waals surface area contributed by atoms with Gasteiger partial charge in [0.1, 0.15) is 0 Å². The molecule has 0 aliphatic carbocycles. The lowest BCUT2D eigenvalue weighted by Gasteiger charge is -2.27. The Labute approximate surface area is 118 Å². The van der Waals surface area contributed by atoms with Crippen molar-refractivity contribution in [2.45, 2.75) is 65.0 Å². The van der Waals surface area contributed by atoms with Crippen LogP contribution in [-0.4, -0.2) is 17.2 Å². The van der Waals surface area contributed by atoms with Crippen molar-refractivity contribution < 1.29 is 5.11 Å². The number of nitrogens with one attached hydrogen (secondary N) is 1. The Morgan fingerprint density at radius 1 is 1.05 bits per heavy atom. The maximum Gasteiger partial charge on any atom is 0.0880 e. The molecule has 0 radical (unpaired) electrons. The largest absolute Gasteiger partial charge is 0.385 e. The second-order valence-corrected chi connectivity index (χ2v) is 6.65. The van der Waals surface area contributed by atoms with Crippen molar-refractivity contribution in [1.82, 2.24) is 5.32 Å². The fraction of sp³-hybridized carbons (Fsp3) is 0.647. The Morgan fingerprint density at radius 3 is 2.11 bits per heavy atom. The van der Waals surface area contributed by atoms with Gasteiger partial charge >= 0.3 is 0 Å². The van der Waals surface area contributed by atoms with Gasteiger partial charge in [0.15, 0.2) is 0 Å². The molecule has 108 valence electrons. The first-order valence-electron chi connectivity index (χ1n) is 7.31. The molecule has 0 aliphatic heterocycles. The molecule has 0 amide bonds. The number of benzene rings is 1. The van der Waals surface area contributed by atoms with Gasteiger partial charge in [0.05, 0.1) is 5.60 Å². The van der Waals surface area contributed by atoms with Gasteiger partial charge in [0.25, 0.3) is 0 Å². The van der Waals surface area contributed by atoms with Crippen LogP contribution in [0.2, 0.25) is 0 Å². The van der Waals surface area contributed by atoms with Gasteiger partial charge in [-0.25, -0.2) is 0 Å². The van der Waals surface area contributed by atoms with Crippen molar-refractivity contribution in [3.63, 3.8) is 0 Å². The average Bonchev–Trinajstić information content (AvgIpc) is 2.28. The van der Waals surface area contributed by atoms with E-state index in [0.29, 0.717) is 0 Å². The van der Waals surface area contributed by atoms with Crippen LogP contribution in [0.25, 0.3) is 0 Å². The molecule has 0 aliphatic rings. The van der Waals surface area contributed by atoms with E-state index in [2.05, 4.69) is 57.3 Å². The summed E-state index contributed by atoms with van der Waals surface area (Å²) in [5.41, 5.74) is 1.68. The SMILES string of the molecule is CCCc1ccc(C(C)(O)CCNC(C)(C)C)cc1. The molecule has 0 saturated carbocycles. The van der Waals surface area contributed by atoms with Crippen LogP contribution in [0.1, 0.15) is 58.6 Å². The predicted molar refractivity (Wildman–Crippen MR) is 82.4 cm³/mol. The monoisotopic (exact) mass is 263 g/mol. The first kappa shape index (κ1) is 16.2. The number of hydrogen-bond donors (Lipinski definition) is 2. The molecule has 0 aromatic heterocycles. The topological polar surface area (TPSA) is 32.3 Å². The van der Waals surface area contributed by atoms with Crippen LogP contribution in [0, 0.1) is 0 Å². The maximum atomic E-state index is 10.6. The minimum atomic E-state index is -0.761. The zero-order valence-electron chi connectivity index (χ0n) is 13.1. The lowest BCUT2D eigenvalue weighted by Crippen LogP contribution is -2.39. The minimum absolute atomic E-state index is 0.0983. The van der Waals surface area contributed by atoms with E-state index in [-0.39, 0.29) is 5.54 Å². The van der Waals surface area contributed by atoms with Crippen molar-refractivity contribution in [2.24, 2.45) is 0 Å². The molecular weight excluding hydrogens is 234 g/mol. The highest BCUT2D eigenvalue weighted by Crippen LogP contribution is 2.24. The number of aliphatic hydroxyl groups is 1. The highest BCUT2D eigenvalue weighted by Gasteiger charge is 2.23. The third kappa shape index (κ3) is 5.75. The molecule has 1 rings (SSSR count). The zero-order chi connectivity index (χ0) is 14.5. The van der Waals surface area contributed by atoms with Crippen molar-refractivity contribution in [3.8, 4) is 0 Å². The second kappa shape index (κ2) is 6.53. The number of rotatable bonds is 6. The van der Waals surface area contributed by atoms with Crippen LogP contribution < -0.4 is 5.32 Å². The van der Waals surface area contributed by atoms with E-state index < -0.39 is 5.60 Å². The molecule has 0 saturated heterocycles. The first-order chi connectivity index (χ1) is 8.74. The molecule has 2 heteroatoms. The predicted octanol–water partition coefficient (Wildman–Crippen LogP) is 3.62. The van der Waals surface area contributed by atoms with E-state index in [1.807, 2.05) is 6.92 Å². The van der Waals surface area contributed by atoms with Crippen LogP contribution in [-0.2, 0) is 12.0 Å². The molecule has 0 spiro atoms. The van der Waals surface area contributed by atoms with Crippen molar-refractivity contribution >= 4 is 0 Å². The van der Waals surface area contributed by atoms with Gasteiger partial charge in [0, 0.05) is 5.54 Å². The quantitative estimate of drug-likeness (QED) is 0.821. The van der Waals surface area contributed by atoms with E-state index in [1.54, 1.807) is 0 Å². The highest BCUT2D eigenvalue weighted by atomic mass is 16.3. The van der Waals surface area contributed by atoms with Crippen LogP contribution in [0.5, 0.6) is 0 Å². The van der Waals surface area contributed by atoms with E-state index in [9.17, 15) is 5.11 Å². The summed E-state index contributed by atoms with van der Waals surface area (Å²) >= 11 is 0. The molecule has 19 heavy (non-hydrogen) atoms. The van der Waals surface area contributed by atoms with Crippen LogP contribution in [0.4, 0.5) is 0 Å². The Morgan fingerprint density at radius 2 is 1.63 bits per heavy atom. The zero-order valence-corrected chi connectivity index (χ0v) is 13.1. The first-order valence-corrected chi connectivity index (χ1v) is 7.31. The summed E-state index contributed by atoms with van der Waals surface area (Å²) in [5.74, 6) is 0. The smallest absolute Gasteiger partial charge is 0.0880 e. The van der Waals surface area contributed by atoms with E-state index in [1.165, 1.54) is 5.56 Å². The Kier molecular flexibility index (Phi) is 5.57. The summed E-state index contributed by atoms with van der Waals surface area (Å²) in [6.45, 7) is 11.3. The molecule has 1 atom stereocenters. The molecular formula is C17H29NO. The standard InChI is InChI=1S/C17H29NO/c1-6-7-14-8-10-15(11-9-14)17(5,19)12-13-18-16(2,3)4/h8-11,18-19H,6-7,12-13H2,1-5H3. The van der Waals surface area contributed by atoms with E-state index >= 15 is 0 Å². The molecule has 1 aromatic rings. The molecule has 0 fully saturated rings. The van der Waals surface area contributed by atoms with E-state index in [0.717, 1.165) is 31.4 Å². The van der Waals surface area contributed by atoms with Crippen molar-refractivity contribution in [1.29, 1.82) is 0 Å². The average molecular weight is 263 g/mol. The van der Waals surface area contributed by atoms with Gasteiger partial charge in [-0.3, -0.25) is 0 Å². The number of hydrogen-bond acceptors (Lipinski definition) is 2. The van der Waals surface area contributed by atoms with E-state index in [4.69, 9.17) is 0 Å². The molecule has 1 aromatic carbocycles. The van der Waals surface area contributed by atoms with Crippen LogP contribution >= 0.6 is 0 Å². The second-order valence-electron chi connectivity index (χ2n) is 6.65. The van der Waals surface area contributed by atoms with Gasteiger partial charge in [-0.05, 0) is 58.2 Å². The maximum absolute atomic E-state index is 10.6. The summed E-state index contributed by atoms with van der Waals surface area (Å²) < 4.78 is 0. The summed E-state index contributed by atoms with van der Waals surface area (Å²) in [7, 11) is 0. The highest BCUT2D eigenvalue weighted by molar-refractivity contribution is 5.26. The Bertz CT molecular complexity index is 373. The third-order valence-electron chi connectivity index (χ3n) is 3.38. The summed E-state index contributed by atoms with van der Waals surface area (Å²) in [4.78, 5) is 0. The fourth-order valence-electron chi connectivity index (χ4n) is 2.14. The van der Waals surface area contributed by atoms with Crippen LogP contribution in [0.15, 0.2) is 24.3 Å². The minimum Gasteiger partial charge on any atom is -0.385 e. The molecule has 2 nitrogen and oxygen atoms in total. The molecule has 0 bridgehead atoms. The Hall–Kier alpha value is -0.860. The van der Waals surface area contributed by atoms with Gasteiger partial charge in [-0.2, -0.15) is 0 Å². The van der Waals surface area contributed by atoms with Crippen molar-refractivity contribution in [3.05, 3.63) is 35.4 Å². The van der Waals surface area contributed by atoms with Gasteiger partial charge in [-0.15, -0.1) is 0 Å². The van der Waals surface area contributed by atoms with Gasteiger partial charge in [0.2, 0.25) is 0 Å². The van der Waals surface area contributed by atoms with Crippen LogP contribution in [0.3, 0.4) is 0 Å². The summed E-state index contributed by atoms with van der Waals surface area (Å²) in [5, 5.41) is 14.0. The lowest BCUT2D eigenvalue weighted by molar-refractivity contribution is 0.0464.